The smallest absolute Gasteiger partial charge is 0.193 e. The van der Waals surface area contributed by atoms with Crippen LogP contribution >= 0.6 is 0 Å². The second kappa shape index (κ2) is 9.42. The summed E-state index contributed by atoms with van der Waals surface area (Å²) in [5.41, 5.74) is 12.7. The molecule has 154 valence electrons. The summed E-state index contributed by atoms with van der Waals surface area (Å²) >= 11 is 0. The summed E-state index contributed by atoms with van der Waals surface area (Å²) in [7, 11) is 2.19. The predicted octanol–water partition coefficient (Wildman–Crippen LogP) is 3.24. The monoisotopic (exact) mass is 391 g/mol. The standard InChI is InChI=1S/C24H33N5/c1-28-13-15-29(16-14-28)18-20-11-9-19(10-12-20)17-26-24(25)27-23-8-4-6-21-5-2-3-7-22(21)23/h4,6,8-12H,2-3,5,7,13-18H2,1H3,(H3,25,26,27). The van der Waals surface area contributed by atoms with E-state index in [1.807, 2.05) is 0 Å². The highest BCUT2D eigenvalue weighted by Gasteiger charge is 2.14. The number of rotatable bonds is 5. The van der Waals surface area contributed by atoms with Gasteiger partial charge in [-0.15, -0.1) is 0 Å². The van der Waals surface area contributed by atoms with E-state index in [-0.39, 0.29) is 0 Å². The van der Waals surface area contributed by atoms with E-state index < -0.39 is 0 Å². The Hall–Kier alpha value is -2.37. The number of benzene rings is 2. The average Bonchev–Trinajstić information content (AvgIpc) is 2.75. The van der Waals surface area contributed by atoms with Gasteiger partial charge in [0.2, 0.25) is 0 Å². The van der Waals surface area contributed by atoms with Crippen molar-refractivity contribution in [1.82, 2.24) is 9.80 Å². The molecule has 1 heterocycles. The highest BCUT2D eigenvalue weighted by molar-refractivity contribution is 5.93. The van der Waals surface area contributed by atoms with Crippen LogP contribution in [0.5, 0.6) is 0 Å². The van der Waals surface area contributed by atoms with Crippen LogP contribution in [-0.4, -0.2) is 49.0 Å². The fourth-order valence-electron chi connectivity index (χ4n) is 4.27. The zero-order chi connectivity index (χ0) is 20.1. The molecule has 1 saturated heterocycles. The lowest BCUT2D eigenvalue weighted by Gasteiger charge is -2.32. The van der Waals surface area contributed by atoms with Crippen LogP contribution in [0.25, 0.3) is 0 Å². The Morgan fingerprint density at radius 2 is 1.69 bits per heavy atom. The summed E-state index contributed by atoms with van der Waals surface area (Å²) in [5, 5.41) is 3.33. The van der Waals surface area contributed by atoms with Gasteiger partial charge >= 0.3 is 0 Å². The zero-order valence-corrected chi connectivity index (χ0v) is 17.5. The van der Waals surface area contributed by atoms with Gasteiger partial charge in [-0.05, 0) is 61.1 Å². The SMILES string of the molecule is CN1CCN(Cc2ccc(CN=C(N)Nc3cccc4c3CCCC4)cc2)CC1. The quantitative estimate of drug-likeness (QED) is 0.607. The minimum atomic E-state index is 0.491. The Kier molecular flexibility index (Phi) is 6.47. The Bertz CT molecular complexity index is 835. The van der Waals surface area contributed by atoms with Crippen molar-refractivity contribution in [3.63, 3.8) is 0 Å². The molecule has 0 amide bonds. The molecule has 5 heteroatoms. The number of guanidine groups is 1. The first-order valence-electron chi connectivity index (χ1n) is 10.8. The number of likely N-dealkylation sites (N-methyl/N-ethyl adjacent to an activating group) is 1. The van der Waals surface area contributed by atoms with E-state index in [4.69, 9.17) is 5.73 Å². The summed E-state index contributed by atoms with van der Waals surface area (Å²) in [5.74, 6) is 0.491. The molecular weight excluding hydrogens is 358 g/mol. The molecule has 0 saturated carbocycles. The summed E-state index contributed by atoms with van der Waals surface area (Å²) < 4.78 is 0. The van der Waals surface area contributed by atoms with E-state index in [1.54, 1.807) is 0 Å². The molecule has 4 rings (SSSR count). The van der Waals surface area contributed by atoms with Crippen molar-refractivity contribution in [2.45, 2.75) is 38.8 Å². The lowest BCUT2D eigenvalue weighted by Crippen LogP contribution is -2.43. The van der Waals surface area contributed by atoms with Gasteiger partial charge < -0.3 is 16.0 Å². The molecule has 1 aliphatic heterocycles. The maximum atomic E-state index is 6.18. The maximum absolute atomic E-state index is 6.18. The molecule has 1 fully saturated rings. The third-order valence-corrected chi connectivity index (χ3v) is 6.12. The number of aliphatic imine (C=N–C) groups is 1. The van der Waals surface area contributed by atoms with Crippen LogP contribution in [-0.2, 0) is 25.9 Å². The molecule has 0 bridgehead atoms. The van der Waals surface area contributed by atoms with Crippen molar-refractivity contribution in [3.05, 3.63) is 64.7 Å². The van der Waals surface area contributed by atoms with Gasteiger partial charge in [0.05, 0.1) is 6.54 Å². The molecule has 0 spiro atoms. The largest absolute Gasteiger partial charge is 0.370 e. The summed E-state index contributed by atoms with van der Waals surface area (Å²) in [6, 6.07) is 15.2. The number of nitrogens with two attached hydrogens (primary N) is 1. The minimum absolute atomic E-state index is 0.491. The summed E-state index contributed by atoms with van der Waals surface area (Å²) in [6.45, 7) is 6.23. The molecule has 0 aromatic heterocycles. The molecular formula is C24H33N5. The van der Waals surface area contributed by atoms with Crippen molar-refractivity contribution >= 4 is 11.6 Å². The molecule has 1 aliphatic carbocycles. The molecule has 29 heavy (non-hydrogen) atoms. The minimum Gasteiger partial charge on any atom is -0.370 e. The zero-order valence-electron chi connectivity index (χ0n) is 17.5. The van der Waals surface area contributed by atoms with Crippen LogP contribution in [0.1, 0.15) is 35.1 Å². The Morgan fingerprint density at radius 3 is 2.48 bits per heavy atom. The molecule has 3 N–H and O–H groups in total. The van der Waals surface area contributed by atoms with Crippen molar-refractivity contribution in [2.75, 3.05) is 38.5 Å². The average molecular weight is 392 g/mol. The molecule has 5 nitrogen and oxygen atoms in total. The van der Waals surface area contributed by atoms with Crippen LogP contribution in [0.15, 0.2) is 47.5 Å². The normalized spacial score (nSPS) is 18.4. The lowest BCUT2D eigenvalue weighted by atomic mass is 9.90. The first-order chi connectivity index (χ1) is 14.2. The van der Waals surface area contributed by atoms with Crippen LogP contribution < -0.4 is 11.1 Å². The Labute approximate surface area is 174 Å². The fourth-order valence-corrected chi connectivity index (χ4v) is 4.27. The van der Waals surface area contributed by atoms with Gasteiger partial charge in [0.1, 0.15) is 0 Å². The van der Waals surface area contributed by atoms with E-state index >= 15 is 0 Å². The number of fused-ring (bicyclic) bond motifs is 1. The molecule has 2 aromatic carbocycles. The Morgan fingerprint density at radius 1 is 0.966 bits per heavy atom. The lowest BCUT2D eigenvalue weighted by molar-refractivity contribution is 0.148. The topological polar surface area (TPSA) is 56.9 Å². The van der Waals surface area contributed by atoms with Crippen molar-refractivity contribution in [1.29, 1.82) is 0 Å². The number of aryl methyl sites for hydroxylation is 1. The summed E-state index contributed by atoms with van der Waals surface area (Å²) in [4.78, 5) is 9.47. The van der Waals surface area contributed by atoms with E-state index in [0.717, 1.165) is 44.8 Å². The van der Waals surface area contributed by atoms with E-state index in [9.17, 15) is 0 Å². The highest BCUT2D eigenvalue weighted by atomic mass is 15.2. The second-order valence-electron chi connectivity index (χ2n) is 8.37. The van der Waals surface area contributed by atoms with Gasteiger partial charge in [0.15, 0.2) is 5.96 Å². The van der Waals surface area contributed by atoms with Gasteiger partial charge in [-0.3, -0.25) is 4.90 Å². The van der Waals surface area contributed by atoms with Crippen LogP contribution in [0, 0.1) is 0 Å². The van der Waals surface area contributed by atoms with Crippen LogP contribution in [0.2, 0.25) is 0 Å². The predicted molar refractivity (Wildman–Crippen MR) is 121 cm³/mol. The summed E-state index contributed by atoms with van der Waals surface area (Å²) in [6.07, 6.45) is 4.83. The van der Waals surface area contributed by atoms with Gasteiger partial charge in [-0.25, -0.2) is 4.99 Å². The first kappa shape index (κ1) is 19.9. The highest BCUT2D eigenvalue weighted by Crippen LogP contribution is 2.27. The van der Waals surface area contributed by atoms with Gasteiger partial charge in [0.25, 0.3) is 0 Å². The number of hydrogen-bond acceptors (Lipinski definition) is 3. The number of nitrogens with zero attached hydrogens (tertiary/aromatic N) is 3. The van der Waals surface area contributed by atoms with Crippen LogP contribution in [0.3, 0.4) is 0 Å². The van der Waals surface area contributed by atoms with Crippen LogP contribution in [0.4, 0.5) is 5.69 Å². The van der Waals surface area contributed by atoms with Gasteiger partial charge in [0, 0.05) is 38.4 Å². The Balaban J connectivity index is 1.32. The van der Waals surface area contributed by atoms with Crippen molar-refractivity contribution in [3.8, 4) is 0 Å². The molecule has 2 aliphatic rings. The van der Waals surface area contributed by atoms with Crippen molar-refractivity contribution < 1.29 is 0 Å². The third kappa shape index (κ3) is 5.37. The van der Waals surface area contributed by atoms with Crippen molar-refractivity contribution in [2.24, 2.45) is 10.7 Å². The molecule has 0 radical (unpaired) electrons. The second-order valence-corrected chi connectivity index (χ2v) is 8.37. The number of nitrogens with one attached hydrogen (secondary N) is 1. The first-order valence-corrected chi connectivity index (χ1v) is 10.8. The van der Waals surface area contributed by atoms with Gasteiger partial charge in [-0.2, -0.15) is 0 Å². The fraction of sp³-hybridized carbons (Fsp3) is 0.458. The van der Waals surface area contributed by atoms with Gasteiger partial charge in [-0.1, -0.05) is 36.4 Å². The van der Waals surface area contributed by atoms with E-state index in [0.29, 0.717) is 12.5 Å². The number of piperazine rings is 1. The molecule has 2 aromatic rings. The molecule has 0 atom stereocenters. The number of hydrogen-bond donors (Lipinski definition) is 2. The van der Waals surface area contributed by atoms with E-state index in [2.05, 4.69) is 69.6 Å². The maximum Gasteiger partial charge on any atom is 0.193 e. The third-order valence-electron chi connectivity index (χ3n) is 6.12. The number of anilines is 1. The van der Waals surface area contributed by atoms with E-state index in [1.165, 1.54) is 41.5 Å². The molecule has 0 unspecified atom stereocenters.